The van der Waals surface area contributed by atoms with E-state index in [2.05, 4.69) is 47.6 Å². The van der Waals surface area contributed by atoms with Crippen molar-refractivity contribution in [3.8, 4) is 0 Å². The minimum Gasteiger partial charge on any atom is -0.359 e. The van der Waals surface area contributed by atoms with Crippen LogP contribution in [-0.4, -0.2) is 25.0 Å². The third-order valence-electron chi connectivity index (χ3n) is 2.49. The summed E-state index contributed by atoms with van der Waals surface area (Å²) < 4.78 is 0. The number of nitrogens with one attached hydrogen (secondary N) is 1. The molecule has 1 aromatic rings. The molecule has 0 spiro atoms. The number of hydrogen-bond acceptors (Lipinski definition) is 2. The van der Waals surface area contributed by atoms with E-state index >= 15 is 0 Å². The second-order valence-corrected chi connectivity index (χ2v) is 3.73. The highest BCUT2D eigenvalue weighted by Gasteiger charge is 2.06. The lowest BCUT2D eigenvalue weighted by atomic mass is 10.2. The predicted molar refractivity (Wildman–Crippen MR) is 60.3 cm³/mol. The molecule has 0 saturated heterocycles. The van der Waals surface area contributed by atoms with Gasteiger partial charge >= 0.3 is 0 Å². The van der Waals surface area contributed by atoms with E-state index in [0.717, 1.165) is 19.5 Å². The Morgan fingerprint density at radius 1 is 1.21 bits per heavy atom. The zero-order chi connectivity index (χ0) is 9.80. The number of rotatable bonds is 2. The van der Waals surface area contributed by atoms with E-state index in [1.807, 2.05) is 6.07 Å². The van der Waals surface area contributed by atoms with Gasteiger partial charge in [-0.25, -0.2) is 0 Å². The van der Waals surface area contributed by atoms with Crippen molar-refractivity contribution in [3.63, 3.8) is 0 Å². The van der Waals surface area contributed by atoms with Gasteiger partial charge in [0.1, 0.15) is 0 Å². The van der Waals surface area contributed by atoms with Gasteiger partial charge in [-0.15, -0.1) is 0 Å². The summed E-state index contributed by atoms with van der Waals surface area (Å²) in [4.78, 5) is 2.32. The summed E-state index contributed by atoms with van der Waals surface area (Å²) in [5, 5.41) is 3.44. The maximum Gasteiger partial charge on any atom is 0.0381 e. The molecule has 1 heterocycles. The molecule has 0 bridgehead atoms. The van der Waals surface area contributed by atoms with Gasteiger partial charge in [0, 0.05) is 24.5 Å². The number of nitrogens with zero attached hydrogens (tertiary/aromatic N) is 1. The van der Waals surface area contributed by atoms with Crippen molar-refractivity contribution in [2.45, 2.75) is 6.42 Å². The second-order valence-electron chi connectivity index (χ2n) is 3.73. The molecule has 74 valence electrons. The lowest BCUT2D eigenvalue weighted by molar-refractivity contribution is 0.360. The summed E-state index contributed by atoms with van der Waals surface area (Å²) in [6.07, 6.45) is 3.38. The molecule has 0 saturated carbocycles. The van der Waals surface area contributed by atoms with Crippen molar-refractivity contribution < 1.29 is 0 Å². The molecule has 0 radical (unpaired) electrons. The van der Waals surface area contributed by atoms with Crippen LogP contribution in [0.3, 0.4) is 0 Å². The van der Waals surface area contributed by atoms with Crippen molar-refractivity contribution in [2.24, 2.45) is 0 Å². The first-order chi connectivity index (χ1) is 6.84. The van der Waals surface area contributed by atoms with E-state index in [9.17, 15) is 0 Å². The van der Waals surface area contributed by atoms with Crippen LogP contribution in [0.4, 0.5) is 5.69 Å². The molecular formula is C12H16N2. The smallest absolute Gasteiger partial charge is 0.0381 e. The first kappa shape index (κ1) is 9.28. The highest BCUT2D eigenvalue weighted by Crippen LogP contribution is 2.14. The SMILES string of the molecule is CN1CC=C(Nc2ccccc2)CC1. The van der Waals surface area contributed by atoms with Crippen LogP contribution in [0.15, 0.2) is 42.1 Å². The van der Waals surface area contributed by atoms with E-state index in [-0.39, 0.29) is 0 Å². The fraction of sp³-hybridized carbons (Fsp3) is 0.333. The van der Waals surface area contributed by atoms with Crippen LogP contribution in [0.25, 0.3) is 0 Å². The number of benzene rings is 1. The van der Waals surface area contributed by atoms with Gasteiger partial charge in [0.2, 0.25) is 0 Å². The van der Waals surface area contributed by atoms with E-state index < -0.39 is 0 Å². The molecule has 1 N–H and O–H groups in total. The third-order valence-corrected chi connectivity index (χ3v) is 2.49. The molecular weight excluding hydrogens is 172 g/mol. The summed E-state index contributed by atoms with van der Waals surface area (Å²) in [7, 11) is 2.15. The molecule has 0 atom stereocenters. The fourth-order valence-corrected chi connectivity index (χ4v) is 1.59. The maximum atomic E-state index is 3.44. The Balaban J connectivity index is 1.99. The molecule has 0 unspecified atom stereocenters. The lowest BCUT2D eigenvalue weighted by Crippen LogP contribution is -2.25. The van der Waals surface area contributed by atoms with Crippen LogP contribution >= 0.6 is 0 Å². The Kier molecular flexibility index (Phi) is 2.84. The first-order valence-corrected chi connectivity index (χ1v) is 5.04. The summed E-state index contributed by atoms with van der Waals surface area (Å²) in [6.45, 7) is 2.20. The van der Waals surface area contributed by atoms with Gasteiger partial charge in [-0.2, -0.15) is 0 Å². The number of likely N-dealkylation sites (N-methyl/N-ethyl adjacent to an activating group) is 1. The minimum atomic E-state index is 1.05. The van der Waals surface area contributed by atoms with Gasteiger partial charge in [0.25, 0.3) is 0 Å². The summed E-state index contributed by atoms with van der Waals surface area (Å²) in [5.41, 5.74) is 2.53. The number of para-hydroxylation sites is 1. The van der Waals surface area contributed by atoms with E-state index in [1.54, 1.807) is 0 Å². The van der Waals surface area contributed by atoms with E-state index in [1.165, 1.54) is 11.4 Å². The zero-order valence-electron chi connectivity index (χ0n) is 8.53. The Hall–Kier alpha value is -1.28. The van der Waals surface area contributed by atoms with Crippen LogP contribution in [0.1, 0.15) is 6.42 Å². The molecule has 1 aromatic carbocycles. The Bertz CT molecular complexity index is 316. The minimum absolute atomic E-state index is 1.05. The second kappa shape index (κ2) is 4.29. The molecule has 2 heteroatoms. The Labute approximate surface area is 85.2 Å². The van der Waals surface area contributed by atoms with Gasteiger partial charge < -0.3 is 10.2 Å². The van der Waals surface area contributed by atoms with Gasteiger partial charge in [-0.05, 0) is 25.6 Å². The van der Waals surface area contributed by atoms with Crippen molar-refractivity contribution >= 4 is 5.69 Å². The Morgan fingerprint density at radius 2 is 2.00 bits per heavy atom. The van der Waals surface area contributed by atoms with E-state index in [4.69, 9.17) is 0 Å². The molecule has 0 fully saturated rings. The largest absolute Gasteiger partial charge is 0.359 e. The molecule has 0 aromatic heterocycles. The van der Waals surface area contributed by atoms with Gasteiger partial charge in [-0.1, -0.05) is 24.3 Å². The normalized spacial score (nSPS) is 17.6. The lowest BCUT2D eigenvalue weighted by Gasteiger charge is -2.22. The third kappa shape index (κ3) is 2.36. The fourth-order valence-electron chi connectivity index (χ4n) is 1.59. The standard InChI is InChI=1S/C12H16N2/c1-14-9-7-12(8-10-14)13-11-5-3-2-4-6-11/h2-7,13H,8-10H2,1H3. The number of hydrogen-bond donors (Lipinski definition) is 1. The molecule has 2 rings (SSSR count). The molecule has 1 aliphatic rings. The maximum absolute atomic E-state index is 3.44. The van der Waals surface area contributed by atoms with Crippen molar-refractivity contribution in [1.29, 1.82) is 0 Å². The van der Waals surface area contributed by atoms with Crippen LogP contribution in [0.5, 0.6) is 0 Å². The average Bonchev–Trinajstić information content (AvgIpc) is 2.23. The average molecular weight is 188 g/mol. The highest BCUT2D eigenvalue weighted by atomic mass is 15.1. The molecule has 0 aliphatic carbocycles. The summed E-state index contributed by atoms with van der Waals surface area (Å²) >= 11 is 0. The van der Waals surface area contributed by atoms with Crippen LogP contribution in [0, 0.1) is 0 Å². The van der Waals surface area contributed by atoms with Gasteiger partial charge in [-0.3, -0.25) is 0 Å². The Morgan fingerprint density at radius 3 is 2.64 bits per heavy atom. The van der Waals surface area contributed by atoms with Gasteiger partial charge in [0.05, 0.1) is 0 Å². The van der Waals surface area contributed by atoms with Crippen molar-refractivity contribution in [1.82, 2.24) is 4.90 Å². The summed E-state index contributed by atoms with van der Waals surface area (Å²) in [5.74, 6) is 0. The zero-order valence-corrected chi connectivity index (χ0v) is 8.53. The first-order valence-electron chi connectivity index (χ1n) is 5.04. The monoisotopic (exact) mass is 188 g/mol. The molecule has 2 nitrogen and oxygen atoms in total. The highest BCUT2D eigenvalue weighted by molar-refractivity contribution is 5.48. The quantitative estimate of drug-likeness (QED) is 0.766. The van der Waals surface area contributed by atoms with Crippen molar-refractivity contribution in [2.75, 3.05) is 25.5 Å². The topological polar surface area (TPSA) is 15.3 Å². The van der Waals surface area contributed by atoms with Gasteiger partial charge in [0.15, 0.2) is 0 Å². The van der Waals surface area contributed by atoms with Crippen molar-refractivity contribution in [3.05, 3.63) is 42.1 Å². The van der Waals surface area contributed by atoms with Crippen LogP contribution < -0.4 is 5.32 Å². The predicted octanol–water partition coefficient (Wildman–Crippen LogP) is 2.32. The van der Waals surface area contributed by atoms with E-state index in [0.29, 0.717) is 0 Å². The molecule has 0 amide bonds. The molecule has 14 heavy (non-hydrogen) atoms. The number of anilines is 1. The molecule has 1 aliphatic heterocycles. The van der Waals surface area contributed by atoms with Crippen LogP contribution in [0.2, 0.25) is 0 Å². The summed E-state index contributed by atoms with van der Waals surface area (Å²) in [6, 6.07) is 10.3. The van der Waals surface area contributed by atoms with Crippen LogP contribution in [-0.2, 0) is 0 Å².